The molecule has 0 saturated heterocycles. The Bertz CT molecular complexity index is 1080. The van der Waals surface area contributed by atoms with Gasteiger partial charge < -0.3 is 5.32 Å². The molecule has 0 aliphatic heterocycles. The molecule has 2 aromatic carbocycles. The van der Waals surface area contributed by atoms with Crippen molar-refractivity contribution in [3.8, 4) is 0 Å². The Morgan fingerprint density at radius 2 is 1.57 bits per heavy atom. The maximum absolute atomic E-state index is 12.5. The summed E-state index contributed by atoms with van der Waals surface area (Å²) in [6, 6.07) is 18.1. The van der Waals surface area contributed by atoms with Gasteiger partial charge in [-0.25, -0.2) is 8.42 Å². The van der Waals surface area contributed by atoms with Crippen molar-refractivity contribution in [1.29, 1.82) is 0 Å². The van der Waals surface area contributed by atoms with E-state index in [0.717, 1.165) is 10.6 Å². The van der Waals surface area contributed by atoms with Crippen molar-refractivity contribution in [3.05, 3.63) is 71.6 Å². The fraction of sp³-hybridized carbons (Fsp3) is 0.227. The molecule has 3 aromatic rings. The van der Waals surface area contributed by atoms with Gasteiger partial charge in [-0.1, -0.05) is 32.0 Å². The number of nitrogens with one attached hydrogen (secondary N) is 2. The van der Waals surface area contributed by atoms with Crippen LogP contribution in [0.5, 0.6) is 0 Å². The molecule has 1 amide bonds. The van der Waals surface area contributed by atoms with Crippen molar-refractivity contribution in [2.45, 2.75) is 41.0 Å². The third-order valence-electron chi connectivity index (χ3n) is 4.39. The lowest BCUT2D eigenvalue weighted by molar-refractivity contribution is -0.115. The molecule has 0 bridgehead atoms. The maximum atomic E-state index is 12.5. The molecular weight excluding hydrogens is 436 g/mol. The van der Waals surface area contributed by atoms with E-state index in [2.05, 4.69) is 23.9 Å². The third-order valence-corrected chi connectivity index (χ3v) is 8.28. The van der Waals surface area contributed by atoms with Gasteiger partial charge in [-0.05, 0) is 66.2 Å². The van der Waals surface area contributed by atoms with Crippen LogP contribution in [-0.2, 0) is 14.8 Å². The number of hydrogen-bond acceptors (Lipinski definition) is 5. The molecule has 1 unspecified atom stereocenters. The zero-order valence-corrected chi connectivity index (χ0v) is 19.4. The van der Waals surface area contributed by atoms with Gasteiger partial charge in [-0.15, -0.1) is 23.1 Å². The zero-order chi connectivity index (χ0) is 21.7. The minimum atomic E-state index is -3.56. The van der Waals surface area contributed by atoms with Crippen LogP contribution in [0.4, 0.5) is 11.4 Å². The molecule has 3 rings (SSSR count). The molecule has 0 saturated carbocycles. The lowest BCUT2D eigenvalue weighted by Gasteiger charge is -2.13. The number of carbonyl (C=O) groups excluding carboxylic acids is 1. The van der Waals surface area contributed by atoms with E-state index < -0.39 is 10.0 Å². The summed E-state index contributed by atoms with van der Waals surface area (Å²) in [7, 11) is -3.56. The van der Waals surface area contributed by atoms with E-state index in [1.807, 2.05) is 31.2 Å². The molecule has 1 heterocycles. The van der Waals surface area contributed by atoms with Crippen LogP contribution in [0.2, 0.25) is 0 Å². The monoisotopic (exact) mass is 460 g/mol. The van der Waals surface area contributed by atoms with E-state index in [0.29, 0.717) is 11.6 Å². The Labute approximate surface area is 186 Å². The summed E-state index contributed by atoms with van der Waals surface area (Å²) in [6.07, 6.45) is 0. The van der Waals surface area contributed by atoms with Crippen molar-refractivity contribution in [2.24, 2.45) is 0 Å². The highest BCUT2D eigenvalue weighted by atomic mass is 32.2. The van der Waals surface area contributed by atoms with Crippen LogP contribution in [0.3, 0.4) is 0 Å². The second kappa shape index (κ2) is 9.68. The number of amides is 1. The predicted molar refractivity (Wildman–Crippen MR) is 126 cm³/mol. The number of sulfonamides is 1. The van der Waals surface area contributed by atoms with Crippen LogP contribution in [0.15, 0.2) is 75.1 Å². The summed E-state index contributed by atoms with van der Waals surface area (Å²) < 4.78 is 27.4. The molecule has 2 N–H and O–H groups in total. The first kappa shape index (κ1) is 22.4. The fourth-order valence-electron chi connectivity index (χ4n) is 2.68. The average molecular weight is 461 g/mol. The fourth-order valence-corrected chi connectivity index (χ4v) is 5.60. The molecule has 0 aliphatic carbocycles. The normalized spacial score (nSPS) is 12.5. The van der Waals surface area contributed by atoms with Crippen molar-refractivity contribution in [3.63, 3.8) is 0 Å². The Balaban J connectivity index is 1.57. The highest BCUT2D eigenvalue weighted by molar-refractivity contribution is 8.00. The van der Waals surface area contributed by atoms with Gasteiger partial charge in [0.15, 0.2) is 0 Å². The summed E-state index contributed by atoms with van der Waals surface area (Å²) in [5.41, 5.74) is 2.48. The summed E-state index contributed by atoms with van der Waals surface area (Å²) in [5.74, 6) is 0.363. The lowest BCUT2D eigenvalue weighted by Crippen LogP contribution is -2.22. The van der Waals surface area contributed by atoms with Crippen LogP contribution in [0, 0.1) is 0 Å². The van der Waals surface area contributed by atoms with Crippen LogP contribution in [0.25, 0.3) is 0 Å². The van der Waals surface area contributed by atoms with Crippen LogP contribution in [0.1, 0.15) is 32.3 Å². The second-order valence-corrected chi connectivity index (χ2v) is 11.4. The number of rotatable bonds is 8. The smallest absolute Gasteiger partial charge is 0.271 e. The minimum absolute atomic E-state index is 0.0835. The quantitative estimate of drug-likeness (QED) is 0.417. The van der Waals surface area contributed by atoms with Crippen LogP contribution < -0.4 is 10.0 Å². The van der Waals surface area contributed by atoms with Gasteiger partial charge in [0.1, 0.15) is 4.21 Å². The first-order valence-electron chi connectivity index (χ1n) is 9.48. The SMILES string of the molecule is CC(Sc1ccc(NS(=O)(=O)c2cccs2)cc1)C(=O)Nc1ccc(C(C)C)cc1. The predicted octanol–water partition coefficient (Wildman–Crippen LogP) is 5.79. The van der Waals surface area contributed by atoms with Gasteiger partial charge in [0.2, 0.25) is 5.91 Å². The average Bonchev–Trinajstić information content (AvgIpc) is 3.25. The number of hydrogen-bond donors (Lipinski definition) is 2. The van der Waals surface area contributed by atoms with E-state index in [4.69, 9.17) is 0 Å². The minimum Gasteiger partial charge on any atom is -0.325 e. The molecule has 0 aliphatic rings. The third kappa shape index (κ3) is 5.87. The van der Waals surface area contributed by atoms with E-state index >= 15 is 0 Å². The number of anilines is 2. The Kier molecular flexibility index (Phi) is 7.23. The summed E-state index contributed by atoms with van der Waals surface area (Å²) >= 11 is 2.58. The molecule has 0 radical (unpaired) electrons. The standard InChI is InChI=1S/C22H24N2O3S3/c1-15(2)17-6-8-18(9-7-17)23-22(25)16(3)29-20-12-10-19(11-13-20)24-30(26,27)21-5-4-14-28-21/h4-16,24H,1-3H3,(H,23,25). The number of carbonyl (C=O) groups is 1. The first-order chi connectivity index (χ1) is 14.2. The van der Waals surface area contributed by atoms with Gasteiger partial charge in [0.25, 0.3) is 10.0 Å². The zero-order valence-electron chi connectivity index (χ0n) is 17.0. The van der Waals surface area contributed by atoms with Gasteiger partial charge in [-0.2, -0.15) is 0 Å². The Hall–Kier alpha value is -2.29. The highest BCUT2D eigenvalue weighted by Crippen LogP contribution is 2.27. The molecule has 1 atom stereocenters. The number of thioether (sulfide) groups is 1. The van der Waals surface area contributed by atoms with Crippen molar-refractivity contribution in [1.82, 2.24) is 0 Å². The maximum Gasteiger partial charge on any atom is 0.271 e. The van der Waals surface area contributed by atoms with Crippen molar-refractivity contribution >= 4 is 50.4 Å². The molecule has 1 aromatic heterocycles. The van der Waals surface area contributed by atoms with Crippen molar-refractivity contribution in [2.75, 3.05) is 10.0 Å². The second-order valence-electron chi connectivity index (χ2n) is 7.09. The molecule has 8 heteroatoms. The number of benzene rings is 2. The molecule has 0 fully saturated rings. The Morgan fingerprint density at radius 3 is 2.13 bits per heavy atom. The molecule has 0 spiro atoms. The first-order valence-corrected chi connectivity index (χ1v) is 12.7. The largest absolute Gasteiger partial charge is 0.325 e. The molecule has 5 nitrogen and oxygen atoms in total. The van der Waals surface area contributed by atoms with E-state index in [1.54, 1.807) is 41.8 Å². The van der Waals surface area contributed by atoms with Gasteiger partial charge in [0, 0.05) is 16.3 Å². The summed E-state index contributed by atoms with van der Waals surface area (Å²) in [4.78, 5) is 13.4. The summed E-state index contributed by atoms with van der Waals surface area (Å²) in [5, 5.41) is 4.36. The molecular formula is C22H24N2O3S3. The highest BCUT2D eigenvalue weighted by Gasteiger charge is 2.17. The molecule has 158 valence electrons. The van der Waals surface area contributed by atoms with E-state index in [1.165, 1.54) is 28.7 Å². The van der Waals surface area contributed by atoms with Crippen LogP contribution >= 0.6 is 23.1 Å². The van der Waals surface area contributed by atoms with Crippen molar-refractivity contribution < 1.29 is 13.2 Å². The van der Waals surface area contributed by atoms with E-state index in [9.17, 15) is 13.2 Å². The van der Waals surface area contributed by atoms with Gasteiger partial charge in [0.05, 0.1) is 5.25 Å². The lowest BCUT2D eigenvalue weighted by atomic mass is 10.0. The van der Waals surface area contributed by atoms with Gasteiger partial charge >= 0.3 is 0 Å². The van der Waals surface area contributed by atoms with Crippen LogP contribution in [-0.4, -0.2) is 19.6 Å². The Morgan fingerprint density at radius 1 is 0.933 bits per heavy atom. The molecule has 30 heavy (non-hydrogen) atoms. The van der Waals surface area contributed by atoms with E-state index in [-0.39, 0.29) is 15.4 Å². The topological polar surface area (TPSA) is 75.3 Å². The number of thiophene rings is 1. The summed E-state index contributed by atoms with van der Waals surface area (Å²) in [6.45, 7) is 6.10. The van der Waals surface area contributed by atoms with Gasteiger partial charge in [-0.3, -0.25) is 9.52 Å².